The van der Waals surface area contributed by atoms with Crippen LogP contribution >= 0.6 is 0 Å². The number of hydrogen-bond acceptors (Lipinski definition) is 3. The number of fused-ring (bicyclic) bond motifs is 1. The number of benzene rings is 2. The summed E-state index contributed by atoms with van der Waals surface area (Å²) in [6, 6.07) is 11.9. The van der Waals surface area contributed by atoms with Gasteiger partial charge in [0, 0.05) is 17.8 Å². The number of aromatic hydroxyl groups is 1. The van der Waals surface area contributed by atoms with Gasteiger partial charge >= 0.3 is 6.03 Å². The van der Waals surface area contributed by atoms with Gasteiger partial charge in [0.15, 0.2) is 0 Å². The second-order valence-electron chi connectivity index (χ2n) is 6.01. The van der Waals surface area contributed by atoms with Crippen LogP contribution in [0.3, 0.4) is 0 Å². The summed E-state index contributed by atoms with van der Waals surface area (Å²) in [6.07, 6.45) is 1.93. The Morgan fingerprint density at radius 3 is 2.44 bits per heavy atom. The summed E-state index contributed by atoms with van der Waals surface area (Å²) in [5.41, 5.74) is 3.20. The molecular formula is C19H21N3O3. The van der Waals surface area contributed by atoms with Crippen LogP contribution in [-0.4, -0.2) is 17.0 Å². The maximum Gasteiger partial charge on any atom is 0.319 e. The van der Waals surface area contributed by atoms with Crippen LogP contribution in [0.5, 0.6) is 5.75 Å². The van der Waals surface area contributed by atoms with Gasteiger partial charge in [0.05, 0.1) is 6.04 Å². The van der Waals surface area contributed by atoms with Gasteiger partial charge in [-0.05, 0) is 54.3 Å². The van der Waals surface area contributed by atoms with Gasteiger partial charge in [-0.3, -0.25) is 4.79 Å². The first-order chi connectivity index (χ1) is 12.1. The molecule has 2 aromatic rings. The molecule has 4 N–H and O–H groups in total. The first kappa shape index (κ1) is 16.8. The summed E-state index contributed by atoms with van der Waals surface area (Å²) in [5.74, 6) is 0.230. The van der Waals surface area contributed by atoms with Crippen LogP contribution in [0.25, 0.3) is 0 Å². The van der Waals surface area contributed by atoms with E-state index >= 15 is 0 Å². The lowest BCUT2D eigenvalue weighted by molar-refractivity contribution is -0.115. The number of phenols is 1. The predicted octanol–water partition coefficient (Wildman–Crippen LogP) is 3.55. The fourth-order valence-corrected chi connectivity index (χ4v) is 3.00. The number of nitrogens with one attached hydrogen (secondary N) is 3. The number of amides is 3. The number of rotatable bonds is 4. The normalized spacial score (nSPS) is 15.3. The van der Waals surface area contributed by atoms with Crippen molar-refractivity contribution >= 4 is 23.3 Å². The number of anilines is 2. The molecule has 0 spiro atoms. The van der Waals surface area contributed by atoms with Crippen molar-refractivity contribution in [1.82, 2.24) is 5.32 Å². The van der Waals surface area contributed by atoms with Crippen LogP contribution in [-0.2, 0) is 11.2 Å². The molecule has 0 bridgehead atoms. The maximum atomic E-state index is 12.2. The van der Waals surface area contributed by atoms with Crippen molar-refractivity contribution in [3.63, 3.8) is 0 Å². The van der Waals surface area contributed by atoms with E-state index in [0.29, 0.717) is 17.8 Å². The van der Waals surface area contributed by atoms with E-state index in [0.717, 1.165) is 24.0 Å². The molecule has 0 heterocycles. The Kier molecular flexibility index (Phi) is 4.88. The van der Waals surface area contributed by atoms with Gasteiger partial charge in [0.25, 0.3) is 0 Å². The van der Waals surface area contributed by atoms with E-state index in [1.807, 2.05) is 6.07 Å². The summed E-state index contributed by atoms with van der Waals surface area (Å²) < 4.78 is 0. The smallest absolute Gasteiger partial charge is 0.319 e. The standard InChI is InChI=1S/C19H21N3O3/c1-2-18(24)20-12-6-8-13(9-7-12)21-19(25)22-16-11-10-15-14(16)4-3-5-17(15)23/h3-9,16,23H,2,10-11H2,1H3,(H,20,24)(H2,21,22,25)/t16-/m1/s1. The molecule has 0 aromatic heterocycles. The van der Waals surface area contributed by atoms with Crippen LogP contribution in [0.2, 0.25) is 0 Å². The molecule has 6 nitrogen and oxygen atoms in total. The van der Waals surface area contributed by atoms with Crippen molar-refractivity contribution in [3.05, 3.63) is 53.6 Å². The number of carbonyl (C=O) groups is 2. The van der Waals surface area contributed by atoms with Crippen LogP contribution in [0.1, 0.15) is 36.9 Å². The van der Waals surface area contributed by atoms with Gasteiger partial charge in [-0.1, -0.05) is 19.1 Å². The molecule has 0 fully saturated rings. The van der Waals surface area contributed by atoms with Crippen molar-refractivity contribution in [2.24, 2.45) is 0 Å². The Morgan fingerprint density at radius 1 is 1.08 bits per heavy atom. The Balaban J connectivity index is 1.59. The van der Waals surface area contributed by atoms with Gasteiger partial charge < -0.3 is 21.1 Å². The molecular weight excluding hydrogens is 318 g/mol. The lowest BCUT2D eigenvalue weighted by Gasteiger charge is -2.15. The van der Waals surface area contributed by atoms with E-state index in [-0.39, 0.29) is 23.7 Å². The molecule has 3 amide bonds. The van der Waals surface area contributed by atoms with Gasteiger partial charge in [0.1, 0.15) is 5.75 Å². The zero-order valence-electron chi connectivity index (χ0n) is 14.0. The molecule has 3 rings (SSSR count). The molecule has 1 aliphatic carbocycles. The number of hydrogen-bond donors (Lipinski definition) is 4. The average Bonchev–Trinajstić information content (AvgIpc) is 3.01. The summed E-state index contributed by atoms with van der Waals surface area (Å²) in [5, 5.41) is 18.3. The molecule has 130 valence electrons. The minimum absolute atomic E-state index is 0.0541. The molecule has 0 unspecified atom stereocenters. The summed E-state index contributed by atoms with van der Waals surface area (Å²) in [4.78, 5) is 23.6. The van der Waals surface area contributed by atoms with Gasteiger partial charge in [-0.25, -0.2) is 4.79 Å². The monoisotopic (exact) mass is 339 g/mol. The second kappa shape index (κ2) is 7.25. The molecule has 0 radical (unpaired) electrons. The zero-order valence-corrected chi connectivity index (χ0v) is 14.0. The number of urea groups is 1. The van der Waals surface area contributed by atoms with E-state index in [2.05, 4.69) is 16.0 Å². The van der Waals surface area contributed by atoms with Crippen LogP contribution in [0.15, 0.2) is 42.5 Å². The molecule has 0 aliphatic heterocycles. The molecule has 1 atom stereocenters. The summed E-state index contributed by atoms with van der Waals surface area (Å²) in [7, 11) is 0. The SMILES string of the molecule is CCC(=O)Nc1ccc(NC(=O)N[C@@H]2CCc3c(O)cccc32)cc1. The summed E-state index contributed by atoms with van der Waals surface area (Å²) in [6.45, 7) is 1.79. The minimum Gasteiger partial charge on any atom is -0.508 e. The second-order valence-corrected chi connectivity index (χ2v) is 6.01. The predicted molar refractivity (Wildman–Crippen MR) is 96.7 cm³/mol. The van der Waals surface area contributed by atoms with Crippen molar-refractivity contribution in [2.75, 3.05) is 10.6 Å². The molecule has 6 heteroatoms. The van der Waals surface area contributed by atoms with E-state index in [9.17, 15) is 14.7 Å². The Bertz CT molecular complexity index is 787. The largest absolute Gasteiger partial charge is 0.508 e. The Morgan fingerprint density at radius 2 is 1.76 bits per heavy atom. The highest BCUT2D eigenvalue weighted by atomic mass is 16.3. The molecule has 25 heavy (non-hydrogen) atoms. The Labute approximate surface area is 146 Å². The third kappa shape index (κ3) is 3.91. The number of carbonyl (C=O) groups excluding carboxylic acids is 2. The summed E-state index contributed by atoms with van der Waals surface area (Å²) >= 11 is 0. The van der Waals surface area contributed by atoms with E-state index < -0.39 is 0 Å². The van der Waals surface area contributed by atoms with Gasteiger partial charge in [0.2, 0.25) is 5.91 Å². The van der Waals surface area contributed by atoms with Crippen LogP contribution in [0.4, 0.5) is 16.2 Å². The third-order valence-corrected chi connectivity index (χ3v) is 4.30. The van der Waals surface area contributed by atoms with E-state index in [1.165, 1.54) is 0 Å². The van der Waals surface area contributed by atoms with E-state index in [4.69, 9.17) is 0 Å². The topological polar surface area (TPSA) is 90.5 Å². The van der Waals surface area contributed by atoms with Crippen LogP contribution < -0.4 is 16.0 Å². The Hall–Kier alpha value is -3.02. The van der Waals surface area contributed by atoms with E-state index in [1.54, 1.807) is 43.3 Å². The molecule has 0 saturated heterocycles. The van der Waals surface area contributed by atoms with Gasteiger partial charge in [-0.15, -0.1) is 0 Å². The van der Waals surface area contributed by atoms with Crippen molar-refractivity contribution in [3.8, 4) is 5.75 Å². The lowest BCUT2D eigenvalue weighted by atomic mass is 10.1. The minimum atomic E-state index is -0.300. The lowest BCUT2D eigenvalue weighted by Crippen LogP contribution is -2.31. The van der Waals surface area contributed by atoms with Gasteiger partial charge in [-0.2, -0.15) is 0 Å². The molecule has 2 aromatic carbocycles. The third-order valence-electron chi connectivity index (χ3n) is 4.30. The maximum absolute atomic E-state index is 12.2. The highest BCUT2D eigenvalue weighted by molar-refractivity contribution is 5.92. The number of phenolic OH excluding ortho intramolecular Hbond substituents is 1. The average molecular weight is 339 g/mol. The van der Waals surface area contributed by atoms with Crippen molar-refractivity contribution in [2.45, 2.75) is 32.2 Å². The fourth-order valence-electron chi connectivity index (χ4n) is 3.00. The first-order valence-electron chi connectivity index (χ1n) is 8.35. The van der Waals surface area contributed by atoms with Crippen molar-refractivity contribution in [1.29, 1.82) is 0 Å². The molecule has 0 saturated carbocycles. The highest BCUT2D eigenvalue weighted by Gasteiger charge is 2.25. The quantitative estimate of drug-likeness (QED) is 0.686. The first-order valence-corrected chi connectivity index (χ1v) is 8.35. The highest BCUT2D eigenvalue weighted by Crippen LogP contribution is 2.36. The molecule has 1 aliphatic rings. The fraction of sp³-hybridized carbons (Fsp3) is 0.263. The zero-order chi connectivity index (χ0) is 17.8. The van der Waals surface area contributed by atoms with Crippen molar-refractivity contribution < 1.29 is 14.7 Å². The van der Waals surface area contributed by atoms with Crippen LogP contribution in [0, 0.1) is 0 Å².